The molecule has 0 aromatic heterocycles. The van der Waals surface area contributed by atoms with Gasteiger partial charge < -0.3 is 11.1 Å². The molecule has 1 saturated carbocycles. The summed E-state index contributed by atoms with van der Waals surface area (Å²) in [5, 5.41) is 3.28. The molecule has 88 valence electrons. The average molecular weight is 212 g/mol. The van der Waals surface area contributed by atoms with Crippen molar-refractivity contribution < 1.29 is 4.79 Å². The van der Waals surface area contributed by atoms with Gasteiger partial charge in [-0.2, -0.15) is 0 Å². The highest BCUT2D eigenvalue weighted by molar-refractivity contribution is 5.79. The maximum Gasteiger partial charge on any atom is 0.234 e. The van der Waals surface area contributed by atoms with Crippen LogP contribution in [0, 0.1) is 5.92 Å². The quantitative estimate of drug-likeness (QED) is 0.573. The van der Waals surface area contributed by atoms with Crippen LogP contribution in [0.3, 0.4) is 0 Å². The number of unbranched alkanes of at least 4 members (excludes halogenated alkanes) is 3. The van der Waals surface area contributed by atoms with Crippen LogP contribution >= 0.6 is 0 Å². The molecule has 1 aliphatic carbocycles. The number of primary amides is 1. The number of rotatable bonds is 9. The third kappa shape index (κ3) is 5.78. The van der Waals surface area contributed by atoms with Crippen molar-refractivity contribution in [3.05, 3.63) is 0 Å². The van der Waals surface area contributed by atoms with Crippen molar-refractivity contribution in [2.75, 3.05) is 6.54 Å². The van der Waals surface area contributed by atoms with E-state index in [4.69, 9.17) is 5.73 Å². The molecule has 3 heteroatoms. The summed E-state index contributed by atoms with van der Waals surface area (Å²) in [7, 11) is 0. The SMILES string of the molecule is CCCCCCC(NCC1CC1)C(N)=O. The Morgan fingerprint density at radius 2 is 2.13 bits per heavy atom. The molecule has 1 fully saturated rings. The summed E-state index contributed by atoms with van der Waals surface area (Å²) < 4.78 is 0. The van der Waals surface area contributed by atoms with E-state index in [-0.39, 0.29) is 11.9 Å². The van der Waals surface area contributed by atoms with Crippen molar-refractivity contribution in [1.29, 1.82) is 0 Å². The highest BCUT2D eigenvalue weighted by atomic mass is 16.1. The predicted octanol–water partition coefficient (Wildman–Crippen LogP) is 1.81. The fourth-order valence-corrected chi connectivity index (χ4v) is 1.75. The number of hydrogen-bond donors (Lipinski definition) is 2. The highest BCUT2D eigenvalue weighted by Crippen LogP contribution is 2.27. The first-order valence-corrected chi connectivity index (χ1v) is 6.26. The molecular weight excluding hydrogens is 188 g/mol. The molecule has 15 heavy (non-hydrogen) atoms. The summed E-state index contributed by atoms with van der Waals surface area (Å²) in [6.45, 7) is 3.16. The van der Waals surface area contributed by atoms with Crippen LogP contribution in [0.25, 0.3) is 0 Å². The number of carbonyl (C=O) groups excluding carboxylic acids is 1. The zero-order chi connectivity index (χ0) is 11.1. The second-order valence-electron chi connectivity index (χ2n) is 4.66. The number of amides is 1. The summed E-state index contributed by atoms with van der Waals surface area (Å²) >= 11 is 0. The predicted molar refractivity (Wildman–Crippen MR) is 62.5 cm³/mol. The standard InChI is InChI=1S/C12H24N2O/c1-2-3-4-5-6-11(12(13)15)14-9-10-7-8-10/h10-11,14H,2-9H2,1H3,(H2,13,15). The van der Waals surface area contributed by atoms with Gasteiger partial charge in [-0.3, -0.25) is 4.79 Å². The van der Waals surface area contributed by atoms with Gasteiger partial charge in [-0.1, -0.05) is 32.6 Å². The second kappa shape index (κ2) is 6.83. The van der Waals surface area contributed by atoms with Gasteiger partial charge in [0, 0.05) is 0 Å². The van der Waals surface area contributed by atoms with E-state index in [1.54, 1.807) is 0 Å². The van der Waals surface area contributed by atoms with Crippen molar-refractivity contribution in [3.8, 4) is 0 Å². The van der Waals surface area contributed by atoms with Crippen LogP contribution in [0.5, 0.6) is 0 Å². The Morgan fingerprint density at radius 1 is 1.40 bits per heavy atom. The van der Waals surface area contributed by atoms with E-state index in [0.717, 1.165) is 25.3 Å². The summed E-state index contributed by atoms with van der Waals surface area (Å²) in [5.41, 5.74) is 5.36. The molecule has 1 amide bonds. The van der Waals surface area contributed by atoms with E-state index in [1.807, 2.05) is 0 Å². The molecule has 3 N–H and O–H groups in total. The first-order valence-electron chi connectivity index (χ1n) is 6.26. The molecule has 0 aromatic carbocycles. The molecule has 0 spiro atoms. The van der Waals surface area contributed by atoms with Crippen LogP contribution in [-0.2, 0) is 4.79 Å². The average Bonchev–Trinajstić information content (AvgIpc) is 3.00. The Kier molecular flexibility index (Phi) is 5.69. The number of nitrogens with two attached hydrogens (primary N) is 1. The Labute approximate surface area is 92.8 Å². The molecule has 3 nitrogen and oxygen atoms in total. The number of hydrogen-bond acceptors (Lipinski definition) is 2. The van der Waals surface area contributed by atoms with Gasteiger partial charge in [0.15, 0.2) is 0 Å². The van der Waals surface area contributed by atoms with E-state index in [0.29, 0.717) is 0 Å². The third-order valence-electron chi connectivity index (χ3n) is 3.04. The molecule has 1 atom stereocenters. The van der Waals surface area contributed by atoms with E-state index >= 15 is 0 Å². The number of nitrogens with one attached hydrogen (secondary N) is 1. The van der Waals surface area contributed by atoms with Crippen molar-refractivity contribution in [1.82, 2.24) is 5.32 Å². The summed E-state index contributed by atoms with van der Waals surface area (Å²) in [5.74, 6) is 0.620. The minimum absolute atomic E-state index is 0.0949. The van der Waals surface area contributed by atoms with Gasteiger partial charge in [0.05, 0.1) is 6.04 Å². The Bertz CT molecular complexity index is 190. The van der Waals surface area contributed by atoms with E-state index in [2.05, 4.69) is 12.2 Å². The van der Waals surface area contributed by atoms with Gasteiger partial charge in [-0.25, -0.2) is 0 Å². The minimum atomic E-state index is -0.188. The summed E-state index contributed by atoms with van der Waals surface area (Å²) in [6, 6.07) is -0.0949. The minimum Gasteiger partial charge on any atom is -0.368 e. The molecular formula is C12H24N2O. The zero-order valence-corrected chi connectivity index (χ0v) is 9.80. The first kappa shape index (κ1) is 12.5. The van der Waals surface area contributed by atoms with E-state index in [9.17, 15) is 4.79 Å². The molecule has 0 saturated heterocycles. The zero-order valence-electron chi connectivity index (χ0n) is 9.80. The lowest BCUT2D eigenvalue weighted by molar-refractivity contribution is -0.120. The van der Waals surface area contributed by atoms with Crippen LogP contribution in [0.4, 0.5) is 0 Å². The lowest BCUT2D eigenvalue weighted by Gasteiger charge is -2.14. The van der Waals surface area contributed by atoms with Crippen molar-refractivity contribution in [2.24, 2.45) is 11.7 Å². The van der Waals surface area contributed by atoms with Gasteiger partial charge in [-0.15, -0.1) is 0 Å². The number of carbonyl (C=O) groups is 1. The van der Waals surface area contributed by atoms with E-state index in [1.165, 1.54) is 32.1 Å². The molecule has 1 rings (SSSR count). The lowest BCUT2D eigenvalue weighted by Crippen LogP contribution is -2.42. The monoisotopic (exact) mass is 212 g/mol. The molecule has 0 radical (unpaired) electrons. The van der Waals surface area contributed by atoms with Crippen molar-refractivity contribution in [2.45, 2.75) is 57.9 Å². The largest absolute Gasteiger partial charge is 0.368 e. The second-order valence-corrected chi connectivity index (χ2v) is 4.66. The smallest absolute Gasteiger partial charge is 0.234 e. The van der Waals surface area contributed by atoms with Crippen LogP contribution in [0.2, 0.25) is 0 Å². The molecule has 0 aliphatic heterocycles. The molecule has 0 bridgehead atoms. The summed E-state index contributed by atoms with van der Waals surface area (Å²) in [6.07, 6.45) is 8.35. The van der Waals surface area contributed by atoms with Crippen LogP contribution in [0.1, 0.15) is 51.9 Å². The van der Waals surface area contributed by atoms with Crippen molar-refractivity contribution in [3.63, 3.8) is 0 Å². The normalized spacial score (nSPS) is 17.7. The third-order valence-corrected chi connectivity index (χ3v) is 3.04. The highest BCUT2D eigenvalue weighted by Gasteiger charge is 2.23. The first-order chi connectivity index (χ1) is 7.24. The van der Waals surface area contributed by atoms with Crippen LogP contribution in [0.15, 0.2) is 0 Å². The van der Waals surface area contributed by atoms with Gasteiger partial charge in [0.2, 0.25) is 5.91 Å². The maximum absolute atomic E-state index is 11.2. The van der Waals surface area contributed by atoms with Gasteiger partial charge >= 0.3 is 0 Å². The lowest BCUT2D eigenvalue weighted by atomic mass is 10.1. The van der Waals surface area contributed by atoms with Gasteiger partial charge in [0.25, 0.3) is 0 Å². The molecule has 0 heterocycles. The molecule has 0 aromatic rings. The fraction of sp³-hybridized carbons (Fsp3) is 0.917. The summed E-state index contributed by atoms with van der Waals surface area (Å²) in [4.78, 5) is 11.2. The Hall–Kier alpha value is -0.570. The van der Waals surface area contributed by atoms with Crippen LogP contribution < -0.4 is 11.1 Å². The maximum atomic E-state index is 11.2. The van der Waals surface area contributed by atoms with E-state index < -0.39 is 0 Å². The van der Waals surface area contributed by atoms with Gasteiger partial charge in [0.1, 0.15) is 0 Å². The Morgan fingerprint density at radius 3 is 2.67 bits per heavy atom. The molecule has 1 unspecified atom stereocenters. The van der Waals surface area contributed by atoms with Crippen LogP contribution in [-0.4, -0.2) is 18.5 Å². The fourth-order valence-electron chi connectivity index (χ4n) is 1.75. The topological polar surface area (TPSA) is 55.1 Å². The molecule has 1 aliphatic rings. The Balaban J connectivity index is 2.08. The van der Waals surface area contributed by atoms with Crippen molar-refractivity contribution >= 4 is 5.91 Å². The van der Waals surface area contributed by atoms with Gasteiger partial charge in [-0.05, 0) is 31.7 Å².